The zero-order valence-electron chi connectivity index (χ0n) is 16.5. The summed E-state index contributed by atoms with van der Waals surface area (Å²) >= 11 is 0. The van der Waals surface area contributed by atoms with E-state index in [1.54, 1.807) is 30.4 Å². The monoisotopic (exact) mass is 405 g/mol. The molecule has 2 aromatic rings. The number of aliphatic carboxylic acids is 1. The number of carboxylic acid groups (broad SMARTS) is 1. The van der Waals surface area contributed by atoms with Gasteiger partial charge in [0, 0.05) is 24.1 Å². The van der Waals surface area contributed by atoms with Gasteiger partial charge in [-0.25, -0.2) is 12.4 Å². The molecule has 0 aliphatic rings. The van der Waals surface area contributed by atoms with Crippen LogP contribution in [0.15, 0.2) is 48.2 Å². The summed E-state index contributed by atoms with van der Waals surface area (Å²) in [4.78, 5) is 11.0. The van der Waals surface area contributed by atoms with Crippen molar-refractivity contribution in [2.24, 2.45) is 0 Å². The van der Waals surface area contributed by atoms with Crippen molar-refractivity contribution in [2.75, 3.05) is 12.4 Å². The highest BCUT2D eigenvalue weighted by Crippen LogP contribution is 2.28. The van der Waals surface area contributed by atoms with Crippen molar-refractivity contribution >= 4 is 26.9 Å². The zero-order valence-corrected chi connectivity index (χ0v) is 17.3. The van der Waals surface area contributed by atoms with Gasteiger partial charge in [0.05, 0.1) is 17.9 Å². The predicted molar refractivity (Wildman–Crippen MR) is 111 cm³/mol. The molecule has 0 aliphatic carbocycles. The minimum atomic E-state index is -3.65. The molecule has 7 heteroatoms. The van der Waals surface area contributed by atoms with Gasteiger partial charge < -0.3 is 9.84 Å². The van der Waals surface area contributed by atoms with Crippen molar-refractivity contribution in [1.82, 2.24) is 3.97 Å². The Morgan fingerprint density at radius 1 is 1.29 bits per heavy atom. The summed E-state index contributed by atoms with van der Waals surface area (Å²) in [5, 5.41) is 9.70. The second-order valence-electron chi connectivity index (χ2n) is 6.49. The average molecular weight is 406 g/mol. The van der Waals surface area contributed by atoms with Crippen molar-refractivity contribution in [3.63, 3.8) is 0 Å². The van der Waals surface area contributed by atoms with Gasteiger partial charge in [-0.15, -0.1) is 0 Å². The second kappa shape index (κ2) is 9.59. The molecule has 0 atom stereocenters. The molecular weight excluding hydrogens is 378 g/mol. The fourth-order valence-corrected chi connectivity index (χ4v) is 4.24. The Hall–Kier alpha value is -2.54. The van der Waals surface area contributed by atoms with Crippen LogP contribution in [0.5, 0.6) is 5.75 Å². The summed E-state index contributed by atoms with van der Waals surface area (Å²) < 4.78 is 32.6. The number of benzene rings is 1. The van der Waals surface area contributed by atoms with Gasteiger partial charge in [-0.1, -0.05) is 30.7 Å². The highest BCUT2D eigenvalue weighted by molar-refractivity contribution is 7.90. The first-order valence-electron chi connectivity index (χ1n) is 9.33. The molecule has 28 heavy (non-hydrogen) atoms. The smallest absolute Gasteiger partial charge is 0.303 e. The number of aromatic nitrogens is 1. The third-order valence-corrected chi connectivity index (χ3v) is 5.77. The molecule has 6 nitrogen and oxygen atoms in total. The number of hydrogen-bond donors (Lipinski definition) is 1. The van der Waals surface area contributed by atoms with Gasteiger partial charge in [-0.05, 0) is 44.4 Å². The molecule has 0 bridgehead atoms. The summed E-state index contributed by atoms with van der Waals surface area (Å²) in [6.07, 6.45) is 8.06. The fraction of sp³-hybridized carbons (Fsp3) is 0.381. The Balaban J connectivity index is 2.46. The lowest BCUT2D eigenvalue weighted by molar-refractivity contribution is -0.136. The first-order chi connectivity index (χ1) is 13.3. The molecule has 1 aromatic heterocycles. The number of allylic oxidation sites excluding steroid dienone is 3. The van der Waals surface area contributed by atoms with E-state index >= 15 is 0 Å². The van der Waals surface area contributed by atoms with Crippen LogP contribution in [0.4, 0.5) is 0 Å². The molecule has 0 unspecified atom stereocenters. The van der Waals surface area contributed by atoms with E-state index in [0.717, 1.165) is 17.4 Å². The minimum absolute atomic E-state index is 0.0622. The van der Waals surface area contributed by atoms with Gasteiger partial charge in [-0.3, -0.25) is 4.79 Å². The maximum Gasteiger partial charge on any atom is 0.303 e. The van der Waals surface area contributed by atoms with Gasteiger partial charge in [0.15, 0.2) is 0 Å². The van der Waals surface area contributed by atoms with Crippen molar-refractivity contribution < 1.29 is 23.1 Å². The van der Waals surface area contributed by atoms with Crippen LogP contribution in [0.25, 0.3) is 10.9 Å². The van der Waals surface area contributed by atoms with Crippen LogP contribution < -0.4 is 4.74 Å². The van der Waals surface area contributed by atoms with E-state index in [-0.39, 0.29) is 18.6 Å². The Morgan fingerprint density at radius 2 is 2.04 bits per heavy atom. The van der Waals surface area contributed by atoms with Gasteiger partial charge in [0.25, 0.3) is 0 Å². The van der Waals surface area contributed by atoms with Crippen molar-refractivity contribution in [1.29, 1.82) is 0 Å². The summed E-state index contributed by atoms with van der Waals surface area (Å²) in [5.41, 5.74) is 2.20. The average Bonchev–Trinajstić information content (AvgIpc) is 2.99. The highest BCUT2D eigenvalue weighted by Gasteiger charge is 2.19. The number of nitrogens with zero attached hydrogens (tertiary/aromatic N) is 1. The Labute approximate surface area is 166 Å². The van der Waals surface area contributed by atoms with E-state index < -0.39 is 16.0 Å². The van der Waals surface area contributed by atoms with E-state index in [0.29, 0.717) is 23.4 Å². The molecule has 0 fully saturated rings. The summed E-state index contributed by atoms with van der Waals surface area (Å²) in [7, 11) is -3.65. The Kier molecular flexibility index (Phi) is 7.45. The molecule has 0 saturated carbocycles. The highest BCUT2D eigenvalue weighted by atomic mass is 32.2. The normalized spacial score (nSPS) is 12.8. The van der Waals surface area contributed by atoms with Crippen LogP contribution in [-0.2, 0) is 21.2 Å². The first-order valence-corrected chi connectivity index (χ1v) is 10.9. The lowest BCUT2D eigenvalue weighted by Crippen LogP contribution is -2.14. The van der Waals surface area contributed by atoms with Gasteiger partial charge in [0.2, 0.25) is 10.0 Å². The number of carboxylic acids is 1. The van der Waals surface area contributed by atoms with E-state index in [4.69, 9.17) is 9.84 Å². The van der Waals surface area contributed by atoms with Crippen LogP contribution in [-0.4, -0.2) is 35.8 Å². The van der Waals surface area contributed by atoms with Crippen LogP contribution in [0.3, 0.4) is 0 Å². The predicted octanol–water partition coefficient (Wildman–Crippen LogP) is 4.15. The number of hydrogen-bond acceptors (Lipinski definition) is 4. The van der Waals surface area contributed by atoms with E-state index in [2.05, 4.69) is 0 Å². The summed E-state index contributed by atoms with van der Waals surface area (Å²) in [5.74, 6) is -0.495. The molecule has 0 radical (unpaired) electrons. The summed E-state index contributed by atoms with van der Waals surface area (Å²) in [6, 6.07) is 5.24. The molecular formula is C21H27NO5S. The number of ether oxygens (including phenoxy) is 1. The minimum Gasteiger partial charge on any atom is -0.494 e. The van der Waals surface area contributed by atoms with Gasteiger partial charge in [-0.2, -0.15) is 0 Å². The second-order valence-corrected chi connectivity index (χ2v) is 8.38. The first kappa shape index (κ1) is 21.8. The topological polar surface area (TPSA) is 85.6 Å². The van der Waals surface area contributed by atoms with E-state index in [1.165, 1.54) is 10.2 Å². The van der Waals surface area contributed by atoms with Crippen LogP contribution >= 0.6 is 0 Å². The molecule has 0 amide bonds. The number of rotatable bonds is 10. The molecule has 1 aromatic carbocycles. The molecule has 1 N–H and O–H groups in total. The maximum atomic E-state index is 12.9. The van der Waals surface area contributed by atoms with Crippen LogP contribution in [0, 0.1) is 0 Å². The molecule has 0 saturated heterocycles. The van der Waals surface area contributed by atoms with Crippen molar-refractivity contribution in [3.05, 3.63) is 53.8 Å². The lowest BCUT2D eigenvalue weighted by Gasteiger charge is -2.07. The Bertz CT molecular complexity index is 999. The van der Waals surface area contributed by atoms with Crippen molar-refractivity contribution in [3.8, 4) is 5.75 Å². The SMILES string of the molecule is CC/C=C(C)\C=C/CS(=O)(=O)n1cc(CCC(=O)O)c2ccc(OCC)cc21. The number of carbonyl (C=O) groups is 1. The molecule has 2 rings (SSSR count). The number of fused-ring (bicyclic) bond motifs is 1. The maximum absolute atomic E-state index is 12.9. The summed E-state index contributed by atoms with van der Waals surface area (Å²) in [6.45, 7) is 6.27. The molecule has 0 spiro atoms. The van der Waals surface area contributed by atoms with Crippen LogP contribution in [0.2, 0.25) is 0 Å². The van der Waals surface area contributed by atoms with Crippen LogP contribution in [0.1, 0.15) is 39.2 Å². The molecule has 0 aliphatic heterocycles. The third kappa shape index (κ3) is 5.48. The molecule has 1 heterocycles. The fourth-order valence-electron chi connectivity index (χ4n) is 3.00. The largest absolute Gasteiger partial charge is 0.494 e. The zero-order chi connectivity index (χ0) is 20.7. The number of aryl methyl sites for hydroxylation is 1. The van der Waals surface area contributed by atoms with E-state index in [9.17, 15) is 13.2 Å². The quantitative estimate of drug-likeness (QED) is 0.600. The third-order valence-electron chi connectivity index (χ3n) is 4.26. The Morgan fingerprint density at radius 3 is 2.68 bits per heavy atom. The van der Waals surface area contributed by atoms with Gasteiger partial charge >= 0.3 is 5.97 Å². The van der Waals surface area contributed by atoms with Gasteiger partial charge in [0.1, 0.15) is 5.75 Å². The van der Waals surface area contributed by atoms with Crippen molar-refractivity contribution in [2.45, 2.75) is 40.0 Å². The van der Waals surface area contributed by atoms with E-state index in [1.807, 2.05) is 26.8 Å². The standard InChI is InChI=1S/C21H27NO5S/c1-4-7-16(3)8-6-13-28(25,26)22-15-17(9-12-21(23)24)19-11-10-18(27-5-2)14-20(19)22/h6-8,10-11,14-15H,4-5,9,12-13H2,1-3H3,(H,23,24)/b8-6-,16-7-. The lowest BCUT2D eigenvalue weighted by atomic mass is 10.1. The molecule has 152 valence electrons.